The molecule has 2 heterocycles. The van der Waals surface area contributed by atoms with Crippen LogP contribution in [0.25, 0.3) is 0 Å². The molecule has 1 atom stereocenters. The van der Waals surface area contributed by atoms with Gasteiger partial charge in [0.1, 0.15) is 11.6 Å². The van der Waals surface area contributed by atoms with Crippen LogP contribution in [0.5, 0.6) is 0 Å². The summed E-state index contributed by atoms with van der Waals surface area (Å²) >= 11 is 0. The van der Waals surface area contributed by atoms with E-state index in [2.05, 4.69) is 20.6 Å². The van der Waals surface area contributed by atoms with Crippen LogP contribution in [0.15, 0.2) is 12.3 Å². The maximum absolute atomic E-state index is 4.32. The predicted octanol–water partition coefficient (Wildman–Crippen LogP) is 1.59. The minimum Gasteiger partial charge on any atom is -0.370 e. The molecule has 0 bridgehead atoms. The Morgan fingerprint density at radius 1 is 1.56 bits per heavy atom. The van der Waals surface area contributed by atoms with Gasteiger partial charge in [0.05, 0.1) is 0 Å². The minimum atomic E-state index is 0.823. The predicted molar refractivity (Wildman–Crippen MR) is 65.5 cm³/mol. The second kappa shape index (κ2) is 5.80. The molecular formula is C12H20N4. The third kappa shape index (κ3) is 3.45. The molecule has 1 saturated heterocycles. The molecule has 0 spiro atoms. The molecule has 0 aromatic carbocycles. The molecule has 1 aliphatic heterocycles. The highest BCUT2D eigenvalue weighted by atomic mass is 15.0. The summed E-state index contributed by atoms with van der Waals surface area (Å²) in [4.78, 5) is 8.39. The molecule has 1 aromatic rings. The van der Waals surface area contributed by atoms with Crippen LogP contribution in [-0.4, -0.2) is 29.6 Å². The topological polar surface area (TPSA) is 49.8 Å². The second-order valence-electron chi connectivity index (χ2n) is 4.42. The molecule has 1 fully saturated rings. The first kappa shape index (κ1) is 11.3. The Bertz CT molecular complexity index is 321. The lowest BCUT2D eigenvalue weighted by Crippen LogP contribution is -2.30. The number of nitrogens with zero attached hydrogens (tertiary/aromatic N) is 2. The fourth-order valence-corrected chi connectivity index (χ4v) is 2.13. The van der Waals surface area contributed by atoms with E-state index < -0.39 is 0 Å². The molecule has 0 amide bonds. The number of anilines is 1. The first-order valence-electron chi connectivity index (χ1n) is 6.09. The van der Waals surface area contributed by atoms with E-state index in [1.807, 2.05) is 13.0 Å². The maximum atomic E-state index is 4.32. The number of piperidine rings is 1. The van der Waals surface area contributed by atoms with Gasteiger partial charge >= 0.3 is 0 Å². The Morgan fingerprint density at radius 2 is 2.50 bits per heavy atom. The summed E-state index contributed by atoms with van der Waals surface area (Å²) in [5.41, 5.74) is 0. The van der Waals surface area contributed by atoms with Crippen molar-refractivity contribution in [3.05, 3.63) is 18.1 Å². The van der Waals surface area contributed by atoms with E-state index in [-0.39, 0.29) is 0 Å². The Balaban J connectivity index is 1.71. The first-order chi connectivity index (χ1) is 7.84. The van der Waals surface area contributed by atoms with Crippen LogP contribution in [0.4, 0.5) is 5.82 Å². The molecule has 88 valence electrons. The number of rotatable bonds is 4. The molecule has 0 aliphatic carbocycles. The van der Waals surface area contributed by atoms with Crippen molar-refractivity contribution in [2.24, 2.45) is 5.92 Å². The second-order valence-corrected chi connectivity index (χ2v) is 4.42. The summed E-state index contributed by atoms with van der Waals surface area (Å²) in [7, 11) is 0. The van der Waals surface area contributed by atoms with E-state index in [4.69, 9.17) is 0 Å². The highest BCUT2D eigenvalue weighted by molar-refractivity contribution is 5.32. The van der Waals surface area contributed by atoms with Gasteiger partial charge in [0, 0.05) is 12.7 Å². The van der Waals surface area contributed by atoms with Crippen LogP contribution in [0, 0.1) is 12.8 Å². The Hall–Kier alpha value is -1.16. The van der Waals surface area contributed by atoms with Gasteiger partial charge in [-0.15, -0.1) is 0 Å². The van der Waals surface area contributed by atoms with Gasteiger partial charge in [0.2, 0.25) is 0 Å². The highest BCUT2D eigenvalue weighted by Crippen LogP contribution is 2.13. The zero-order valence-electron chi connectivity index (χ0n) is 9.87. The molecule has 0 radical (unpaired) electrons. The van der Waals surface area contributed by atoms with Gasteiger partial charge in [0.15, 0.2) is 0 Å². The molecule has 0 saturated carbocycles. The van der Waals surface area contributed by atoms with Crippen LogP contribution in [0.3, 0.4) is 0 Å². The third-order valence-corrected chi connectivity index (χ3v) is 3.03. The third-order valence-electron chi connectivity index (χ3n) is 3.03. The van der Waals surface area contributed by atoms with Crippen molar-refractivity contribution in [3.63, 3.8) is 0 Å². The average Bonchev–Trinajstić information content (AvgIpc) is 2.30. The molecule has 1 aromatic heterocycles. The summed E-state index contributed by atoms with van der Waals surface area (Å²) in [6, 6.07) is 1.92. The summed E-state index contributed by atoms with van der Waals surface area (Å²) in [6.45, 7) is 5.28. The van der Waals surface area contributed by atoms with Crippen molar-refractivity contribution >= 4 is 5.82 Å². The van der Waals surface area contributed by atoms with E-state index >= 15 is 0 Å². The zero-order valence-corrected chi connectivity index (χ0v) is 9.87. The van der Waals surface area contributed by atoms with Gasteiger partial charge in [0.25, 0.3) is 0 Å². The van der Waals surface area contributed by atoms with Crippen molar-refractivity contribution in [2.45, 2.75) is 26.2 Å². The van der Waals surface area contributed by atoms with Gasteiger partial charge in [-0.25, -0.2) is 9.97 Å². The van der Waals surface area contributed by atoms with Crippen LogP contribution < -0.4 is 10.6 Å². The molecule has 1 aliphatic rings. The van der Waals surface area contributed by atoms with Gasteiger partial charge < -0.3 is 10.6 Å². The summed E-state index contributed by atoms with van der Waals surface area (Å²) in [5.74, 6) is 2.59. The SMILES string of the molecule is Cc1nccc(NCCC2CCCNC2)n1. The molecule has 16 heavy (non-hydrogen) atoms. The molecule has 2 N–H and O–H groups in total. The Labute approximate surface area is 96.9 Å². The van der Waals surface area contributed by atoms with Crippen LogP contribution in [0.1, 0.15) is 25.1 Å². The molecular weight excluding hydrogens is 200 g/mol. The standard InChI is InChI=1S/C12H20N4/c1-10-14-8-5-12(16-10)15-7-4-11-3-2-6-13-9-11/h5,8,11,13H,2-4,6-7,9H2,1H3,(H,14,15,16). The van der Waals surface area contributed by atoms with Crippen molar-refractivity contribution in [3.8, 4) is 0 Å². The fraction of sp³-hybridized carbons (Fsp3) is 0.667. The average molecular weight is 220 g/mol. The number of hydrogen-bond donors (Lipinski definition) is 2. The molecule has 4 nitrogen and oxygen atoms in total. The Morgan fingerprint density at radius 3 is 3.25 bits per heavy atom. The number of hydrogen-bond acceptors (Lipinski definition) is 4. The maximum Gasteiger partial charge on any atom is 0.129 e. The quantitative estimate of drug-likeness (QED) is 0.809. The van der Waals surface area contributed by atoms with Gasteiger partial charge in [-0.1, -0.05) is 0 Å². The fourth-order valence-electron chi connectivity index (χ4n) is 2.13. The van der Waals surface area contributed by atoms with Gasteiger partial charge in [-0.05, 0) is 51.3 Å². The lowest BCUT2D eigenvalue weighted by molar-refractivity contribution is 0.364. The molecule has 1 unspecified atom stereocenters. The van der Waals surface area contributed by atoms with Crippen molar-refractivity contribution in [1.82, 2.24) is 15.3 Å². The lowest BCUT2D eigenvalue weighted by atomic mass is 9.96. The van der Waals surface area contributed by atoms with Crippen LogP contribution in [-0.2, 0) is 0 Å². The number of aromatic nitrogens is 2. The van der Waals surface area contributed by atoms with Crippen LogP contribution in [0.2, 0.25) is 0 Å². The highest BCUT2D eigenvalue weighted by Gasteiger charge is 2.11. The largest absolute Gasteiger partial charge is 0.370 e. The smallest absolute Gasteiger partial charge is 0.129 e. The van der Waals surface area contributed by atoms with Gasteiger partial charge in [-0.3, -0.25) is 0 Å². The van der Waals surface area contributed by atoms with E-state index in [9.17, 15) is 0 Å². The van der Waals surface area contributed by atoms with Crippen molar-refractivity contribution in [2.75, 3.05) is 25.0 Å². The number of aryl methyl sites for hydroxylation is 1. The van der Waals surface area contributed by atoms with E-state index in [0.717, 1.165) is 24.1 Å². The minimum absolute atomic E-state index is 0.823. The molecule has 4 heteroatoms. The monoisotopic (exact) mass is 220 g/mol. The lowest BCUT2D eigenvalue weighted by Gasteiger charge is -2.22. The number of nitrogens with one attached hydrogen (secondary N) is 2. The first-order valence-corrected chi connectivity index (χ1v) is 6.09. The van der Waals surface area contributed by atoms with Crippen LogP contribution >= 0.6 is 0 Å². The van der Waals surface area contributed by atoms with Crippen molar-refractivity contribution < 1.29 is 0 Å². The zero-order chi connectivity index (χ0) is 11.2. The van der Waals surface area contributed by atoms with E-state index in [1.165, 1.54) is 32.4 Å². The van der Waals surface area contributed by atoms with Crippen molar-refractivity contribution in [1.29, 1.82) is 0 Å². The van der Waals surface area contributed by atoms with E-state index in [1.54, 1.807) is 6.20 Å². The normalized spacial score (nSPS) is 20.7. The Kier molecular flexibility index (Phi) is 4.10. The summed E-state index contributed by atoms with van der Waals surface area (Å²) in [6.07, 6.45) is 5.69. The van der Waals surface area contributed by atoms with E-state index in [0.29, 0.717) is 0 Å². The van der Waals surface area contributed by atoms with Gasteiger partial charge in [-0.2, -0.15) is 0 Å². The summed E-state index contributed by atoms with van der Waals surface area (Å²) < 4.78 is 0. The molecule has 2 rings (SSSR count). The summed E-state index contributed by atoms with van der Waals surface area (Å²) in [5, 5.41) is 6.79.